The van der Waals surface area contributed by atoms with Gasteiger partial charge in [-0.1, -0.05) is 38.1 Å². The Labute approximate surface area is 188 Å². The van der Waals surface area contributed by atoms with Gasteiger partial charge in [0.25, 0.3) is 0 Å². The van der Waals surface area contributed by atoms with Crippen LogP contribution >= 0.6 is 0 Å². The van der Waals surface area contributed by atoms with Gasteiger partial charge in [-0.2, -0.15) is 5.10 Å². The molecule has 8 nitrogen and oxygen atoms in total. The highest BCUT2D eigenvalue weighted by atomic mass is 16.2. The first kappa shape index (κ1) is 22.0. The van der Waals surface area contributed by atoms with Crippen molar-refractivity contribution in [2.75, 3.05) is 4.90 Å². The highest BCUT2D eigenvalue weighted by Crippen LogP contribution is 2.28. The van der Waals surface area contributed by atoms with Crippen molar-refractivity contribution in [1.29, 1.82) is 0 Å². The molecule has 0 bridgehead atoms. The summed E-state index contributed by atoms with van der Waals surface area (Å²) >= 11 is 0. The van der Waals surface area contributed by atoms with Gasteiger partial charge in [-0.3, -0.25) is 19.1 Å². The number of benzene rings is 1. The van der Waals surface area contributed by atoms with Gasteiger partial charge in [-0.25, -0.2) is 0 Å². The van der Waals surface area contributed by atoms with Gasteiger partial charge in [0.05, 0.1) is 11.9 Å². The molecule has 1 aromatic carbocycles. The maximum atomic E-state index is 13.4. The Bertz CT molecular complexity index is 1030. The zero-order valence-electron chi connectivity index (χ0n) is 19.1. The molecule has 170 valence electrons. The van der Waals surface area contributed by atoms with Crippen LogP contribution in [-0.4, -0.2) is 50.5 Å². The first-order valence-corrected chi connectivity index (χ1v) is 11.2. The molecule has 3 heterocycles. The molecular weight excluding hydrogens is 406 g/mol. The quantitative estimate of drug-likeness (QED) is 0.775. The highest BCUT2D eigenvalue weighted by molar-refractivity contribution is 6.02. The normalized spacial score (nSPS) is 22.9. The molecule has 1 aromatic heterocycles. The zero-order valence-corrected chi connectivity index (χ0v) is 19.1. The third-order valence-electron chi connectivity index (χ3n) is 6.29. The van der Waals surface area contributed by atoms with Crippen LogP contribution < -0.4 is 10.2 Å². The smallest absolute Gasteiger partial charge is 0.249 e. The summed E-state index contributed by atoms with van der Waals surface area (Å²) < 4.78 is 1.65. The lowest BCUT2D eigenvalue weighted by molar-refractivity contribution is -0.143. The minimum atomic E-state index is -0.619. The van der Waals surface area contributed by atoms with E-state index in [1.165, 1.54) is 0 Å². The Hall–Kier alpha value is -3.16. The van der Waals surface area contributed by atoms with Crippen molar-refractivity contribution in [2.24, 2.45) is 13.0 Å². The minimum Gasteiger partial charge on any atom is -0.342 e. The molecule has 0 radical (unpaired) electrons. The summed E-state index contributed by atoms with van der Waals surface area (Å²) in [6.45, 7) is 6.37. The Morgan fingerprint density at radius 3 is 2.59 bits per heavy atom. The van der Waals surface area contributed by atoms with Crippen LogP contribution in [0.4, 0.5) is 5.69 Å². The average molecular weight is 438 g/mol. The average Bonchev–Trinajstić information content (AvgIpc) is 3.28. The van der Waals surface area contributed by atoms with Crippen LogP contribution in [0.25, 0.3) is 0 Å². The van der Waals surface area contributed by atoms with Crippen molar-refractivity contribution in [3.63, 3.8) is 0 Å². The first-order valence-electron chi connectivity index (χ1n) is 11.2. The summed E-state index contributed by atoms with van der Waals surface area (Å²) in [5.74, 6) is -0.239. The Morgan fingerprint density at radius 2 is 1.94 bits per heavy atom. The fraction of sp³-hybridized carbons (Fsp3) is 0.500. The number of nitrogens with one attached hydrogen (secondary N) is 1. The van der Waals surface area contributed by atoms with E-state index in [0.29, 0.717) is 25.8 Å². The molecule has 8 heteroatoms. The summed E-state index contributed by atoms with van der Waals surface area (Å²) in [4.78, 5) is 42.8. The number of aryl methyl sites for hydroxylation is 1. The van der Waals surface area contributed by atoms with Crippen molar-refractivity contribution in [1.82, 2.24) is 20.0 Å². The fourth-order valence-electron chi connectivity index (χ4n) is 4.72. The topological polar surface area (TPSA) is 87.5 Å². The van der Waals surface area contributed by atoms with Crippen LogP contribution in [0.5, 0.6) is 0 Å². The molecule has 3 atom stereocenters. The van der Waals surface area contributed by atoms with Gasteiger partial charge >= 0.3 is 0 Å². The predicted octanol–water partition coefficient (Wildman–Crippen LogP) is 2.03. The van der Waals surface area contributed by atoms with Crippen LogP contribution in [0.1, 0.15) is 44.7 Å². The molecule has 3 unspecified atom stereocenters. The maximum Gasteiger partial charge on any atom is 0.249 e. The number of aromatic nitrogens is 2. The monoisotopic (exact) mass is 437 g/mol. The van der Waals surface area contributed by atoms with Gasteiger partial charge in [0.15, 0.2) is 0 Å². The Kier molecular flexibility index (Phi) is 6.04. The number of amides is 3. The van der Waals surface area contributed by atoms with E-state index < -0.39 is 12.1 Å². The molecule has 2 aliphatic heterocycles. The van der Waals surface area contributed by atoms with E-state index in [4.69, 9.17) is 0 Å². The highest BCUT2D eigenvalue weighted by Gasteiger charge is 2.42. The number of fused-ring (bicyclic) bond motifs is 1. The van der Waals surface area contributed by atoms with Crippen LogP contribution in [0, 0.1) is 5.92 Å². The molecule has 32 heavy (non-hydrogen) atoms. The lowest BCUT2D eigenvalue weighted by atomic mass is 9.92. The number of hydrogen-bond acceptors (Lipinski definition) is 4. The van der Waals surface area contributed by atoms with Gasteiger partial charge in [0, 0.05) is 38.7 Å². The SMILES string of the molecule is CC(C)CC(=O)N1Cc2ccccc2CC1C(=O)NC1CC(C)N(c2cnn(C)c2)C1=O. The molecule has 1 saturated heterocycles. The third kappa shape index (κ3) is 4.26. The lowest BCUT2D eigenvalue weighted by Gasteiger charge is -2.37. The molecule has 0 spiro atoms. The standard InChI is InChI=1S/C24H31N5O3/c1-15(2)9-22(30)28-13-18-8-6-5-7-17(18)11-21(28)23(31)26-20-10-16(3)29(24(20)32)19-12-25-27(4)14-19/h5-8,12,14-16,20-21H,9-11,13H2,1-4H3,(H,26,31). The van der Waals surface area contributed by atoms with Gasteiger partial charge < -0.3 is 15.1 Å². The van der Waals surface area contributed by atoms with Gasteiger partial charge in [-0.05, 0) is 30.4 Å². The molecule has 0 saturated carbocycles. The van der Waals surface area contributed by atoms with E-state index in [9.17, 15) is 14.4 Å². The van der Waals surface area contributed by atoms with E-state index in [1.54, 1.807) is 33.9 Å². The molecule has 2 aliphatic rings. The number of carbonyl (C=O) groups is 3. The Balaban J connectivity index is 1.53. The summed E-state index contributed by atoms with van der Waals surface area (Å²) in [7, 11) is 1.80. The molecule has 3 amide bonds. The molecular formula is C24H31N5O3. The summed E-state index contributed by atoms with van der Waals surface area (Å²) in [5.41, 5.74) is 2.87. The second-order valence-corrected chi connectivity index (χ2v) is 9.33. The number of anilines is 1. The van der Waals surface area contributed by atoms with E-state index in [-0.39, 0.29) is 29.7 Å². The summed E-state index contributed by atoms with van der Waals surface area (Å²) in [6, 6.07) is 6.63. The molecule has 0 aliphatic carbocycles. The van der Waals surface area contributed by atoms with Crippen LogP contribution in [0.3, 0.4) is 0 Å². The van der Waals surface area contributed by atoms with Crippen molar-refractivity contribution in [3.05, 3.63) is 47.8 Å². The Morgan fingerprint density at radius 1 is 1.22 bits per heavy atom. The van der Waals surface area contributed by atoms with Gasteiger partial charge in [0.1, 0.15) is 12.1 Å². The predicted molar refractivity (Wildman–Crippen MR) is 121 cm³/mol. The zero-order chi connectivity index (χ0) is 23.0. The number of hydrogen-bond donors (Lipinski definition) is 1. The molecule has 1 fully saturated rings. The van der Waals surface area contributed by atoms with Crippen LogP contribution in [0.2, 0.25) is 0 Å². The van der Waals surface area contributed by atoms with Crippen LogP contribution in [-0.2, 0) is 34.4 Å². The second-order valence-electron chi connectivity index (χ2n) is 9.33. The minimum absolute atomic E-state index is 0.0299. The van der Waals surface area contributed by atoms with Gasteiger partial charge in [0.2, 0.25) is 17.7 Å². The third-order valence-corrected chi connectivity index (χ3v) is 6.29. The molecule has 4 rings (SSSR count). The fourth-order valence-corrected chi connectivity index (χ4v) is 4.72. The number of carbonyl (C=O) groups excluding carboxylic acids is 3. The lowest BCUT2D eigenvalue weighted by Crippen LogP contribution is -2.55. The van der Waals surface area contributed by atoms with Gasteiger partial charge in [-0.15, -0.1) is 0 Å². The maximum absolute atomic E-state index is 13.4. The van der Waals surface area contributed by atoms with Crippen LogP contribution in [0.15, 0.2) is 36.7 Å². The van der Waals surface area contributed by atoms with E-state index >= 15 is 0 Å². The number of rotatable bonds is 5. The van der Waals surface area contributed by atoms with E-state index in [2.05, 4.69) is 10.4 Å². The van der Waals surface area contributed by atoms with Crippen molar-refractivity contribution in [3.8, 4) is 0 Å². The second kappa shape index (κ2) is 8.76. The number of nitrogens with zero attached hydrogens (tertiary/aromatic N) is 4. The summed E-state index contributed by atoms with van der Waals surface area (Å²) in [6.07, 6.45) is 4.81. The van der Waals surface area contributed by atoms with Crippen molar-refractivity contribution >= 4 is 23.4 Å². The molecule has 1 N–H and O–H groups in total. The van der Waals surface area contributed by atoms with Crippen molar-refractivity contribution in [2.45, 2.75) is 64.7 Å². The van der Waals surface area contributed by atoms with Crippen molar-refractivity contribution < 1.29 is 14.4 Å². The van der Waals surface area contributed by atoms with E-state index in [1.807, 2.05) is 45.0 Å². The first-order chi connectivity index (χ1) is 15.2. The largest absolute Gasteiger partial charge is 0.342 e. The molecule has 2 aromatic rings. The van der Waals surface area contributed by atoms with E-state index in [0.717, 1.165) is 16.8 Å². The summed E-state index contributed by atoms with van der Waals surface area (Å²) in [5, 5.41) is 7.11.